The fraction of sp³-hybridized carbons (Fsp3) is 0.143. The maximum Gasteiger partial charge on any atom is 0.0847 e. The van der Waals surface area contributed by atoms with E-state index in [4.69, 9.17) is 0 Å². The quantitative estimate of drug-likeness (QED) is 0.552. The maximum atomic E-state index is 4.11. The molecule has 1 aromatic rings. The van der Waals surface area contributed by atoms with Crippen LogP contribution in [0.2, 0.25) is 0 Å². The minimum absolute atomic E-state index is 0.942. The molecule has 10 heavy (non-hydrogen) atoms. The van der Waals surface area contributed by atoms with Gasteiger partial charge in [0.25, 0.3) is 0 Å². The molecule has 0 spiro atoms. The lowest BCUT2D eigenvalue weighted by Crippen LogP contribution is -1.74. The van der Waals surface area contributed by atoms with E-state index < -0.39 is 0 Å². The molecule has 2 nitrogen and oxygen atoms in total. The highest BCUT2D eigenvalue weighted by atomic mass is 127. The van der Waals surface area contributed by atoms with E-state index >= 15 is 0 Å². The highest BCUT2D eigenvalue weighted by Crippen LogP contribution is 2.14. The molecule has 0 aliphatic rings. The van der Waals surface area contributed by atoms with Crippen molar-refractivity contribution in [2.45, 2.75) is 6.92 Å². The Balaban J connectivity index is 3.03. The molecule has 0 unspecified atom stereocenters. The van der Waals surface area contributed by atoms with Crippen molar-refractivity contribution in [2.75, 3.05) is 0 Å². The van der Waals surface area contributed by atoms with E-state index in [1.807, 2.05) is 13.0 Å². The van der Waals surface area contributed by atoms with Gasteiger partial charge in [-0.1, -0.05) is 0 Å². The lowest BCUT2D eigenvalue weighted by atomic mass is 10.3. The minimum atomic E-state index is 0.942. The van der Waals surface area contributed by atoms with Crippen LogP contribution in [0.25, 0.3) is 0 Å². The van der Waals surface area contributed by atoms with E-state index in [1.165, 1.54) is 0 Å². The fourth-order valence-corrected chi connectivity index (χ4v) is 0.943. The number of halogens is 1. The Morgan fingerprint density at radius 3 is 3.10 bits per heavy atom. The number of rotatable bonds is 1. The Kier molecular flexibility index (Phi) is 2.80. The van der Waals surface area contributed by atoms with E-state index in [-0.39, 0.29) is 0 Å². The molecule has 0 bridgehead atoms. The normalized spacial score (nSPS) is 10.6. The molecule has 0 aliphatic carbocycles. The van der Waals surface area contributed by atoms with Gasteiger partial charge in [-0.3, -0.25) is 4.98 Å². The Morgan fingerprint density at radius 1 is 1.70 bits per heavy atom. The van der Waals surface area contributed by atoms with Gasteiger partial charge in [0.2, 0.25) is 0 Å². The van der Waals surface area contributed by atoms with Crippen molar-refractivity contribution in [2.24, 2.45) is 4.99 Å². The average Bonchev–Trinajstić information content (AvgIpc) is 1.94. The molecular formula is C7H7IN2. The predicted molar refractivity (Wildman–Crippen MR) is 51.1 cm³/mol. The SMILES string of the molecule is Cc1ccncc1/N=C\I. The van der Waals surface area contributed by atoms with Gasteiger partial charge >= 0.3 is 0 Å². The maximum absolute atomic E-state index is 4.11. The molecule has 1 heterocycles. The van der Waals surface area contributed by atoms with E-state index in [1.54, 1.807) is 16.6 Å². The molecule has 3 heteroatoms. The topological polar surface area (TPSA) is 25.2 Å². The highest BCUT2D eigenvalue weighted by Gasteiger charge is 1.90. The number of nitrogens with zero attached hydrogens (tertiary/aromatic N) is 2. The molecule has 0 aromatic carbocycles. The molecule has 0 saturated carbocycles. The van der Waals surface area contributed by atoms with Gasteiger partial charge in [-0.05, 0) is 41.1 Å². The van der Waals surface area contributed by atoms with Crippen molar-refractivity contribution in [3.05, 3.63) is 24.0 Å². The Hall–Kier alpha value is -0.450. The van der Waals surface area contributed by atoms with Crippen LogP contribution >= 0.6 is 22.6 Å². The largest absolute Gasteiger partial charge is 0.262 e. The molecule has 0 amide bonds. The monoisotopic (exact) mass is 246 g/mol. The smallest absolute Gasteiger partial charge is 0.0847 e. The summed E-state index contributed by atoms with van der Waals surface area (Å²) in [6.45, 7) is 2.01. The van der Waals surface area contributed by atoms with Crippen LogP contribution in [0.5, 0.6) is 0 Å². The van der Waals surface area contributed by atoms with Crippen LogP contribution in [0, 0.1) is 6.92 Å². The minimum Gasteiger partial charge on any atom is -0.262 e. The van der Waals surface area contributed by atoms with E-state index in [2.05, 4.69) is 32.6 Å². The third-order valence-corrected chi connectivity index (χ3v) is 1.48. The van der Waals surface area contributed by atoms with Crippen molar-refractivity contribution in [3.63, 3.8) is 0 Å². The molecule has 0 saturated heterocycles. The summed E-state index contributed by atoms with van der Waals surface area (Å²) < 4.78 is 1.74. The van der Waals surface area contributed by atoms with E-state index in [9.17, 15) is 0 Å². The molecule has 0 radical (unpaired) electrons. The molecule has 0 fully saturated rings. The summed E-state index contributed by atoms with van der Waals surface area (Å²) in [6, 6.07) is 1.94. The molecule has 0 N–H and O–H groups in total. The second-order valence-electron chi connectivity index (χ2n) is 1.89. The van der Waals surface area contributed by atoms with E-state index in [0.717, 1.165) is 11.3 Å². The van der Waals surface area contributed by atoms with Crippen LogP contribution in [0.4, 0.5) is 5.69 Å². The zero-order chi connectivity index (χ0) is 7.40. The Morgan fingerprint density at radius 2 is 2.50 bits per heavy atom. The summed E-state index contributed by atoms with van der Waals surface area (Å²) in [5, 5.41) is 0. The molecule has 0 atom stereocenters. The van der Waals surface area contributed by atoms with Gasteiger partial charge in [-0.2, -0.15) is 0 Å². The van der Waals surface area contributed by atoms with Gasteiger partial charge in [0.05, 0.1) is 16.1 Å². The standard InChI is InChI=1S/C7H7IN2/c1-6-2-3-9-4-7(6)10-5-8/h2-5H,1H3/b10-5-. The van der Waals surface area contributed by atoms with Gasteiger partial charge in [-0.15, -0.1) is 0 Å². The van der Waals surface area contributed by atoms with Crippen LogP contribution in [0.3, 0.4) is 0 Å². The summed E-state index contributed by atoms with van der Waals surface area (Å²) in [6.07, 6.45) is 3.52. The summed E-state index contributed by atoms with van der Waals surface area (Å²) in [4.78, 5) is 8.05. The second-order valence-corrected chi connectivity index (χ2v) is 2.45. The van der Waals surface area contributed by atoms with Crippen LogP contribution < -0.4 is 0 Å². The van der Waals surface area contributed by atoms with Gasteiger partial charge in [0, 0.05) is 6.20 Å². The number of pyridine rings is 1. The molecule has 0 aliphatic heterocycles. The van der Waals surface area contributed by atoms with Crippen molar-refractivity contribution in [3.8, 4) is 0 Å². The third-order valence-electron chi connectivity index (χ3n) is 1.20. The number of aliphatic imine (C=N–C) groups is 1. The number of aryl methyl sites for hydroxylation is 1. The fourth-order valence-electron chi connectivity index (χ4n) is 0.643. The summed E-state index contributed by atoms with van der Waals surface area (Å²) >= 11 is 2.09. The molecular weight excluding hydrogens is 239 g/mol. The third kappa shape index (κ3) is 1.76. The average molecular weight is 246 g/mol. The first-order valence-electron chi connectivity index (χ1n) is 2.88. The van der Waals surface area contributed by atoms with Gasteiger partial charge in [0.15, 0.2) is 0 Å². The first-order chi connectivity index (χ1) is 4.84. The van der Waals surface area contributed by atoms with Gasteiger partial charge < -0.3 is 0 Å². The molecule has 52 valence electrons. The van der Waals surface area contributed by atoms with Crippen LogP contribution in [-0.2, 0) is 0 Å². The van der Waals surface area contributed by atoms with Gasteiger partial charge in [-0.25, -0.2) is 4.99 Å². The van der Waals surface area contributed by atoms with Crippen molar-refractivity contribution in [1.29, 1.82) is 0 Å². The van der Waals surface area contributed by atoms with Crippen LogP contribution in [-0.4, -0.2) is 9.21 Å². The number of hydrogen-bond donors (Lipinski definition) is 0. The van der Waals surface area contributed by atoms with Crippen LogP contribution in [0.15, 0.2) is 23.5 Å². The van der Waals surface area contributed by atoms with Crippen molar-refractivity contribution in [1.82, 2.24) is 4.98 Å². The summed E-state index contributed by atoms with van der Waals surface area (Å²) in [5.41, 5.74) is 2.10. The Bertz CT molecular complexity index is 245. The lowest BCUT2D eigenvalue weighted by molar-refractivity contribution is 1.26. The molecule has 1 rings (SSSR count). The first-order valence-corrected chi connectivity index (χ1v) is 4.12. The number of aromatic nitrogens is 1. The van der Waals surface area contributed by atoms with Crippen molar-refractivity contribution < 1.29 is 0 Å². The molecule has 1 aromatic heterocycles. The van der Waals surface area contributed by atoms with Gasteiger partial charge in [0.1, 0.15) is 0 Å². The van der Waals surface area contributed by atoms with E-state index in [0.29, 0.717) is 0 Å². The second kappa shape index (κ2) is 3.65. The van der Waals surface area contributed by atoms with Crippen LogP contribution in [0.1, 0.15) is 5.56 Å². The summed E-state index contributed by atoms with van der Waals surface area (Å²) in [5.74, 6) is 0. The summed E-state index contributed by atoms with van der Waals surface area (Å²) in [7, 11) is 0. The number of hydrogen-bond acceptors (Lipinski definition) is 2. The van der Waals surface area contributed by atoms with Crippen molar-refractivity contribution >= 4 is 32.5 Å². The Labute approximate surface area is 73.5 Å². The zero-order valence-corrected chi connectivity index (χ0v) is 7.74. The lowest BCUT2D eigenvalue weighted by Gasteiger charge is -1.94. The zero-order valence-electron chi connectivity index (χ0n) is 5.58. The first kappa shape index (κ1) is 7.65. The highest BCUT2D eigenvalue weighted by molar-refractivity contribution is 14.1. The predicted octanol–water partition coefficient (Wildman–Crippen LogP) is 2.48.